The van der Waals surface area contributed by atoms with Crippen molar-refractivity contribution in [3.63, 3.8) is 0 Å². The highest BCUT2D eigenvalue weighted by molar-refractivity contribution is 7.19. The van der Waals surface area contributed by atoms with Crippen LogP contribution in [0.5, 0.6) is 0 Å². The van der Waals surface area contributed by atoms with E-state index in [9.17, 15) is 4.79 Å². The van der Waals surface area contributed by atoms with Crippen molar-refractivity contribution >= 4 is 34.0 Å². The molecule has 1 aliphatic heterocycles. The summed E-state index contributed by atoms with van der Waals surface area (Å²) in [7, 11) is 1.40. The van der Waals surface area contributed by atoms with E-state index in [1.165, 1.54) is 18.4 Å². The number of methoxy groups -OCH3 is 1. The van der Waals surface area contributed by atoms with E-state index in [1.807, 2.05) is 18.2 Å². The number of anilines is 1. The van der Waals surface area contributed by atoms with Crippen LogP contribution in [-0.2, 0) is 4.74 Å². The second kappa shape index (κ2) is 5.38. The predicted molar refractivity (Wildman–Crippen MR) is 77.7 cm³/mol. The van der Waals surface area contributed by atoms with E-state index in [0.717, 1.165) is 23.8 Å². The van der Waals surface area contributed by atoms with Crippen LogP contribution in [0.15, 0.2) is 24.3 Å². The van der Waals surface area contributed by atoms with Gasteiger partial charge in [0.05, 0.1) is 12.7 Å². The Morgan fingerprint density at radius 2 is 2.15 bits per heavy atom. The first-order valence-corrected chi connectivity index (χ1v) is 7.29. The van der Waals surface area contributed by atoms with Crippen molar-refractivity contribution in [1.82, 2.24) is 10.2 Å². The first-order chi connectivity index (χ1) is 9.69. The number of esters is 1. The number of carbonyl (C=O) groups excluding carboxylic acids is 1. The van der Waals surface area contributed by atoms with Crippen LogP contribution in [0.3, 0.4) is 0 Å². The molecule has 0 N–H and O–H groups in total. The van der Waals surface area contributed by atoms with Crippen molar-refractivity contribution in [3.05, 3.63) is 39.9 Å². The zero-order chi connectivity index (χ0) is 14.1. The van der Waals surface area contributed by atoms with Crippen molar-refractivity contribution < 1.29 is 9.53 Å². The van der Waals surface area contributed by atoms with Gasteiger partial charge in [0, 0.05) is 19.0 Å². The lowest BCUT2D eigenvalue weighted by atomic mass is 9.88. The highest BCUT2D eigenvalue weighted by Crippen LogP contribution is 2.35. The van der Waals surface area contributed by atoms with Gasteiger partial charge in [-0.2, -0.15) is 0 Å². The summed E-state index contributed by atoms with van der Waals surface area (Å²) in [5.41, 5.74) is 1.65. The van der Waals surface area contributed by atoms with E-state index < -0.39 is 0 Å². The number of carbonyl (C=O) groups is 1. The van der Waals surface area contributed by atoms with Gasteiger partial charge in [-0.25, -0.2) is 4.79 Å². The van der Waals surface area contributed by atoms with Crippen molar-refractivity contribution in [1.29, 1.82) is 0 Å². The molecule has 1 fully saturated rings. The lowest BCUT2D eigenvalue weighted by Gasteiger charge is -2.39. The summed E-state index contributed by atoms with van der Waals surface area (Å²) in [6, 6.07) is 7.55. The van der Waals surface area contributed by atoms with Crippen molar-refractivity contribution in [2.45, 2.75) is 5.92 Å². The molecule has 3 rings (SSSR count). The summed E-state index contributed by atoms with van der Waals surface area (Å²) in [5, 5.41) is 8.63. The first kappa shape index (κ1) is 13.3. The molecule has 0 bridgehead atoms. The van der Waals surface area contributed by atoms with E-state index in [2.05, 4.69) is 15.1 Å². The summed E-state index contributed by atoms with van der Waals surface area (Å²) in [6.07, 6.45) is 0. The van der Waals surface area contributed by atoms with Crippen LogP contribution in [0, 0.1) is 0 Å². The molecule has 1 saturated heterocycles. The van der Waals surface area contributed by atoms with Gasteiger partial charge in [0.2, 0.25) is 9.60 Å². The molecule has 2 heterocycles. The van der Waals surface area contributed by atoms with E-state index in [0.29, 0.717) is 15.9 Å². The zero-order valence-electron chi connectivity index (χ0n) is 10.7. The second-order valence-corrected chi connectivity index (χ2v) is 6.06. The van der Waals surface area contributed by atoms with Gasteiger partial charge in [-0.05, 0) is 23.2 Å². The Balaban J connectivity index is 1.75. The number of halogens is 1. The highest BCUT2D eigenvalue weighted by atomic mass is 35.5. The Bertz CT molecular complexity index is 640. The predicted octanol–water partition coefficient (Wildman–Crippen LogP) is 2.58. The number of hydrogen-bond acceptors (Lipinski definition) is 6. The molecule has 0 atom stereocenters. The van der Waals surface area contributed by atoms with Crippen molar-refractivity contribution in [3.8, 4) is 0 Å². The summed E-state index contributed by atoms with van der Waals surface area (Å²) in [4.78, 5) is 13.9. The lowest BCUT2D eigenvalue weighted by molar-refractivity contribution is 0.0598. The third kappa shape index (κ3) is 2.36. The smallest absolute Gasteiger partial charge is 0.338 e. The standard InChI is InChI=1S/C13H12ClN3O2S/c1-19-11(18)10-5-3-2-4-9(10)8-6-17(7-8)13-16-15-12(14)20-13/h2-5,8H,6-7H2,1H3. The molecule has 0 aliphatic carbocycles. The Kier molecular flexibility index (Phi) is 3.58. The third-order valence-corrected chi connectivity index (χ3v) is 4.43. The van der Waals surface area contributed by atoms with E-state index in [1.54, 1.807) is 6.07 Å². The average molecular weight is 310 g/mol. The number of nitrogens with zero attached hydrogens (tertiary/aromatic N) is 3. The van der Waals surface area contributed by atoms with E-state index in [4.69, 9.17) is 16.3 Å². The van der Waals surface area contributed by atoms with Crippen LogP contribution >= 0.6 is 22.9 Å². The molecule has 0 spiro atoms. The zero-order valence-corrected chi connectivity index (χ0v) is 12.3. The fourth-order valence-corrected chi connectivity index (χ4v) is 3.14. The molecule has 104 valence electrons. The van der Waals surface area contributed by atoms with E-state index >= 15 is 0 Å². The van der Waals surface area contributed by atoms with Crippen LogP contribution < -0.4 is 4.90 Å². The van der Waals surface area contributed by atoms with Gasteiger partial charge in [-0.1, -0.05) is 29.5 Å². The van der Waals surface area contributed by atoms with Gasteiger partial charge in [0.15, 0.2) is 0 Å². The Morgan fingerprint density at radius 3 is 2.80 bits per heavy atom. The molecule has 0 amide bonds. The van der Waals surface area contributed by atoms with Crippen molar-refractivity contribution in [2.24, 2.45) is 0 Å². The largest absolute Gasteiger partial charge is 0.465 e. The van der Waals surface area contributed by atoms with Crippen LogP contribution in [0.25, 0.3) is 0 Å². The molecule has 0 radical (unpaired) electrons. The fraction of sp³-hybridized carbons (Fsp3) is 0.308. The van der Waals surface area contributed by atoms with Gasteiger partial charge in [0.25, 0.3) is 0 Å². The highest BCUT2D eigenvalue weighted by Gasteiger charge is 2.32. The molecule has 7 heteroatoms. The summed E-state index contributed by atoms with van der Waals surface area (Å²) >= 11 is 7.14. The van der Waals surface area contributed by atoms with Gasteiger partial charge in [-0.15, -0.1) is 10.2 Å². The molecule has 5 nitrogen and oxygen atoms in total. The molecular weight excluding hydrogens is 298 g/mol. The van der Waals surface area contributed by atoms with Crippen molar-refractivity contribution in [2.75, 3.05) is 25.1 Å². The van der Waals surface area contributed by atoms with Crippen LogP contribution in [0.1, 0.15) is 21.8 Å². The van der Waals surface area contributed by atoms with Gasteiger partial charge < -0.3 is 9.64 Å². The van der Waals surface area contributed by atoms with Crippen LogP contribution in [0.2, 0.25) is 4.47 Å². The number of ether oxygens (including phenoxy) is 1. The quantitative estimate of drug-likeness (QED) is 0.816. The van der Waals surface area contributed by atoms with Crippen LogP contribution in [-0.4, -0.2) is 36.4 Å². The summed E-state index contributed by atoms with van der Waals surface area (Å²) in [5.74, 6) is 0.00554. The van der Waals surface area contributed by atoms with Crippen LogP contribution in [0.4, 0.5) is 5.13 Å². The molecule has 1 aromatic carbocycles. The molecular formula is C13H12ClN3O2S. The topological polar surface area (TPSA) is 55.3 Å². The van der Waals surface area contributed by atoms with Gasteiger partial charge in [0.1, 0.15) is 0 Å². The Hall–Kier alpha value is -1.66. The monoisotopic (exact) mass is 309 g/mol. The fourth-order valence-electron chi connectivity index (χ4n) is 2.31. The summed E-state index contributed by atoms with van der Waals surface area (Å²) in [6.45, 7) is 1.61. The minimum Gasteiger partial charge on any atom is -0.465 e. The third-order valence-electron chi connectivity index (χ3n) is 3.35. The number of benzene rings is 1. The maximum Gasteiger partial charge on any atom is 0.338 e. The maximum absolute atomic E-state index is 11.8. The Morgan fingerprint density at radius 1 is 1.40 bits per heavy atom. The number of aromatic nitrogens is 2. The SMILES string of the molecule is COC(=O)c1ccccc1C1CN(c2nnc(Cl)s2)C1. The average Bonchev–Trinajstić information content (AvgIpc) is 2.83. The molecule has 0 unspecified atom stereocenters. The minimum absolute atomic E-state index is 0.294. The minimum atomic E-state index is -0.294. The molecule has 1 aromatic heterocycles. The first-order valence-electron chi connectivity index (χ1n) is 6.10. The van der Waals surface area contributed by atoms with E-state index in [-0.39, 0.29) is 5.97 Å². The Labute approximate surface area is 125 Å². The molecule has 2 aromatic rings. The maximum atomic E-state index is 11.8. The number of hydrogen-bond donors (Lipinski definition) is 0. The lowest BCUT2D eigenvalue weighted by Crippen LogP contribution is -2.45. The number of rotatable bonds is 3. The normalized spacial score (nSPS) is 15.0. The molecule has 20 heavy (non-hydrogen) atoms. The molecule has 1 aliphatic rings. The second-order valence-electron chi connectivity index (χ2n) is 4.52. The summed E-state index contributed by atoms with van der Waals surface area (Å²) < 4.78 is 5.26. The van der Waals surface area contributed by atoms with Gasteiger partial charge >= 0.3 is 5.97 Å². The molecule has 0 saturated carbocycles. The van der Waals surface area contributed by atoms with Gasteiger partial charge in [-0.3, -0.25) is 0 Å².